The van der Waals surface area contributed by atoms with Crippen molar-refractivity contribution in [1.29, 1.82) is 0 Å². The summed E-state index contributed by atoms with van der Waals surface area (Å²) in [4.78, 5) is 22.0. The molecule has 2 rings (SSSR count). The number of hydrogen-bond donors (Lipinski definition) is 1. The summed E-state index contributed by atoms with van der Waals surface area (Å²) < 4.78 is 17.9. The van der Waals surface area contributed by atoms with Crippen LogP contribution in [0.4, 0.5) is 10.1 Å². The summed E-state index contributed by atoms with van der Waals surface area (Å²) in [6.45, 7) is 1.29. The van der Waals surface area contributed by atoms with E-state index in [-0.39, 0.29) is 17.3 Å². The Morgan fingerprint density at radius 1 is 1.33 bits per heavy atom. The number of rotatable bonds is 6. The Kier molecular flexibility index (Phi) is 5.56. The average molecular weight is 331 g/mol. The first-order chi connectivity index (χ1) is 11.5. The van der Waals surface area contributed by atoms with Crippen molar-refractivity contribution in [1.82, 2.24) is 5.43 Å². The lowest BCUT2D eigenvalue weighted by molar-refractivity contribution is -0.385. The first-order valence-electron chi connectivity index (χ1n) is 6.91. The van der Waals surface area contributed by atoms with E-state index in [1.165, 1.54) is 42.6 Å². The number of amides is 1. The highest BCUT2D eigenvalue weighted by Gasteiger charge is 2.16. The monoisotopic (exact) mass is 331 g/mol. The van der Waals surface area contributed by atoms with Crippen molar-refractivity contribution in [2.45, 2.75) is 6.92 Å². The quantitative estimate of drug-likeness (QED) is 0.500. The molecule has 0 fully saturated rings. The average Bonchev–Trinajstić information content (AvgIpc) is 2.55. The van der Waals surface area contributed by atoms with Crippen molar-refractivity contribution in [3.8, 4) is 5.75 Å². The van der Waals surface area contributed by atoms with Crippen LogP contribution in [0, 0.1) is 22.9 Å². The standard InChI is InChI=1S/C16H14FN3O4/c1-11-2-7-15(14(8-11)20(22)23)24-10-16(21)19-18-9-12-3-5-13(17)6-4-12/h2-9H,10H2,1H3,(H,19,21). The molecule has 24 heavy (non-hydrogen) atoms. The number of aryl methyl sites for hydroxylation is 1. The molecule has 0 spiro atoms. The van der Waals surface area contributed by atoms with Gasteiger partial charge < -0.3 is 4.74 Å². The van der Waals surface area contributed by atoms with Gasteiger partial charge in [-0.3, -0.25) is 14.9 Å². The van der Waals surface area contributed by atoms with Gasteiger partial charge in [0.2, 0.25) is 0 Å². The zero-order valence-corrected chi connectivity index (χ0v) is 12.7. The molecule has 1 amide bonds. The normalized spacial score (nSPS) is 10.6. The maximum Gasteiger partial charge on any atom is 0.311 e. The van der Waals surface area contributed by atoms with Crippen LogP contribution in [-0.4, -0.2) is 23.7 Å². The number of nitro benzene ring substituents is 1. The third-order valence-corrected chi connectivity index (χ3v) is 2.94. The number of halogens is 1. The second kappa shape index (κ2) is 7.82. The molecule has 2 aromatic rings. The van der Waals surface area contributed by atoms with E-state index in [0.29, 0.717) is 11.1 Å². The van der Waals surface area contributed by atoms with Crippen LogP contribution >= 0.6 is 0 Å². The van der Waals surface area contributed by atoms with Crippen LogP contribution in [0.3, 0.4) is 0 Å². The first kappa shape index (κ1) is 17.1. The second-order valence-corrected chi connectivity index (χ2v) is 4.86. The van der Waals surface area contributed by atoms with Gasteiger partial charge >= 0.3 is 5.69 Å². The molecule has 7 nitrogen and oxygen atoms in total. The van der Waals surface area contributed by atoms with Crippen LogP contribution in [0.15, 0.2) is 47.6 Å². The minimum atomic E-state index is -0.580. The molecule has 124 valence electrons. The van der Waals surface area contributed by atoms with Gasteiger partial charge in [-0.25, -0.2) is 9.82 Å². The van der Waals surface area contributed by atoms with Crippen molar-refractivity contribution in [2.24, 2.45) is 5.10 Å². The third kappa shape index (κ3) is 4.87. The summed E-state index contributed by atoms with van der Waals surface area (Å²) in [5.41, 5.74) is 3.32. The van der Waals surface area contributed by atoms with Gasteiger partial charge in [-0.1, -0.05) is 18.2 Å². The van der Waals surface area contributed by atoms with Gasteiger partial charge in [0.15, 0.2) is 12.4 Å². The summed E-state index contributed by atoms with van der Waals surface area (Å²) in [6.07, 6.45) is 1.34. The highest BCUT2D eigenvalue weighted by Crippen LogP contribution is 2.27. The molecular weight excluding hydrogens is 317 g/mol. The Balaban J connectivity index is 1.89. The number of hydrazone groups is 1. The number of nitro groups is 1. The van der Waals surface area contributed by atoms with Crippen LogP contribution in [0.2, 0.25) is 0 Å². The SMILES string of the molecule is Cc1ccc(OCC(=O)NN=Cc2ccc(F)cc2)c([N+](=O)[O-])c1. The molecule has 0 aliphatic heterocycles. The van der Waals surface area contributed by atoms with E-state index >= 15 is 0 Å². The Morgan fingerprint density at radius 2 is 2.04 bits per heavy atom. The molecule has 0 heterocycles. The Hall–Kier alpha value is -3.29. The van der Waals surface area contributed by atoms with Crippen molar-refractivity contribution in [3.05, 3.63) is 69.5 Å². The summed E-state index contributed by atoms with van der Waals surface area (Å²) in [5.74, 6) is -0.948. The Morgan fingerprint density at radius 3 is 2.71 bits per heavy atom. The molecule has 8 heteroatoms. The predicted octanol–water partition coefficient (Wildman–Crippen LogP) is 2.57. The van der Waals surface area contributed by atoms with E-state index in [1.54, 1.807) is 13.0 Å². The molecule has 2 aromatic carbocycles. The number of carbonyl (C=O) groups excluding carboxylic acids is 1. The second-order valence-electron chi connectivity index (χ2n) is 4.86. The zero-order chi connectivity index (χ0) is 17.5. The number of benzene rings is 2. The summed E-state index contributed by atoms with van der Waals surface area (Å²) in [7, 11) is 0. The lowest BCUT2D eigenvalue weighted by Crippen LogP contribution is -2.24. The molecule has 0 aliphatic rings. The lowest BCUT2D eigenvalue weighted by Gasteiger charge is -2.06. The Bertz CT molecular complexity index is 775. The molecule has 0 saturated carbocycles. The van der Waals surface area contributed by atoms with E-state index in [0.717, 1.165) is 0 Å². The molecule has 0 bridgehead atoms. The maximum absolute atomic E-state index is 12.7. The predicted molar refractivity (Wildman–Crippen MR) is 85.5 cm³/mol. The fourth-order valence-corrected chi connectivity index (χ4v) is 1.80. The van der Waals surface area contributed by atoms with E-state index in [1.807, 2.05) is 0 Å². The van der Waals surface area contributed by atoms with E-state index in [9.17, 15) is 19.3 Å². The molecular formula is C16H14FN3O4. The summed E-state index contributed by atoms with van der Waals surface area (Å²) >= 11 is 0. The van der Waals surface area contributed by atoms with Gasteiger partial charge in [-0.05, 0) is 36.2 Å². The van der Waals surface area contributed by atoms with Gasteiger partial charge in [0.25, 0.3) is 5.91 Å². The summed E-state index contributed by atoms with van der Waals surface area (Å²) in [6, 6.07) is 9.97. The maximum atomic E-state index is 12.7. The molecule has 0 saturated heterocycles. The third-order valence-electron chi connectivity index (χ3n) is 2.94. The van der Waals surface area contributed by atoms with Crippen molar-refractivity contribution in [3.63, 3.8) is 0 Å². The van der Waals surface area contributed by atoms with Crippen LogP contribution in [-0.2, 0) is 4.79 Å². The first-order valence-corrected chi connectivity index (χ1v) is 6.91. The molecule has 1 N–H and O–H groups in total. The fraction of sp³-hybridized carbons (Fsp3) is 0.125. The van der Waals surface area contributed by atoms with Gasteiger partial charge in [-0.2, -0.15) is 5.10 Å². The van der Waals surface area contributed by atoms with Crippen molar-refractivity contribution < 1.29 is 18.8 Å². The van der Waals surface area contributed by atoms with Crippen LogP contribution in [0.25, 0.3) is 0 Å². The number of nitrogens with zero attached hydrogens (tertiary/aromatic N) is 2. The number of carbonyl (C=O) groups is 1. The molecule has 0 radical (unpaired) electrons. The highest BCUT2D eigenvalue weighted by molar-refractivity contribution is 5.82. The van der Waals surface area contributed by atoms with Crippen molar-refractivity contribution >= 4 is 17.8 Å². The van der Waals surface area contributed by atoms with Crippen LogP contribution in [0.1, 0.15) is 11.1 Å². The lowest BCUT2D eigenvalue weighted by atomic mass is 10.2. The van der Waals surface area contributed by atoms with E-state index in [2.05, 4.69) is 10.5 Å². The zero-order valence-electron chi connectivity index (χ0n) is 12.7. The van der Waals surface area contributed by atoms with Gasteiger partial charge in [0.05, 0.1) is 11.1 Å². The molecule has 0 aliphatic carbocycles. The smallest absolute Gasteiger partial charge is 0.311 e. The minimum Gasteiger partial charge on any atom is -0.477 e. The van der Waals surface area contributed by atoms with E-state index < -0.39 is 17.4 Å². The van der Waals surface area contributed by atoms with Gasteiger partial charge in [0.1, 0.15) is 5.82 Å². The van der Waals surface area contributed by atoms with E-state index in [4.69, 9.17) is 4.74 Å². The highest BCUT2D eigenvalue weighted by atomic mass is 19.1. The topological polar surface area (TPSA) is 93.8 Å². The molecule has 0 unspecified atom stereocenters. The molecule has 0 aromatic heterocycles. The number of ether oxygens (including phenoxy) is 1. The van der Waals surface area contributed by atoms with Crippen LogP contribution in [0.5, 0.6) is 5.75 Å². The largest absolute Gasteiger partial charge is 0.477 e. The number of nitrogens with one attached hydrogen (secondary N) is 1. The number of hydrogen-bond acceptors (Lipinski definition) is 5. The van der Waals surface area contributed by atoms with Gasteiger partial charge in [-0.15, -0.1) is 0 Å². The fourth-order valence-electron chi connectivity index (χ4n) is 1.80. The summed E-state index contributed by atoms with van der Waals surface area (Å²) in [5, 5.41) is 14.6. The Labute approximate surface area is 136 Å². The van der Waals surface area contributed by atoms with Gasteiger partial charge in [0, 0.05) is 6.07 Å². The minimum absolute atomic E-state index is 0.00302. The molecule has 0 atom stereocenters. The van der Waals surface area contributed by atoms with Crippen LogP contribution < -0.4 is 10.2 Å². The van der Waals surface area contributed by atoms with Crippen molar-refractivity contribution in [2.75, 3.05) is 6.61 Å².